The van der Waals surface area contributed by atoms with E-state index in [1.54, 1.807) is 0 Å². The monoisotopic (exact) mass is 357 g/mol. The Morgan fingerprint density at radius 3 is 2.54 bits per heavy atom. The summed E-state index contributed by atoms with van der Waals surface area (Å²) in [6, 6.07) is 10.7. The molecule has 2 aliphatic rings. The number of hydrogen-bond donors (Lipinski definition) is 0. The van der Waals surface area contributed by atoms with E-state index in [-0.39, 0.29) is 17.3 Å². The molecule has 0 unspecified atom stereocenters. The highest BCUT2D eigenvalue weighted by Crippen LogP contribution is 2.48. The van der Waals surface area contributed by atoms with Crippen molar-refractivity contribution >= 4 is 11.9 Å². The lowest BCUT2D eigenvalue weighted by Crippen LogP contribution is -2.37. The van der Waals surface area contributed by atoms with Gasteiger partial charge in [0.25, 0.3) is 0 Å². The van der Waals surface area contributed by atoms with Crippen LogP contribution in [0.1, 0.15) is 63.9 Å². The van der Waals surface area contributed by atoms with E-state index >= 15 is 0 Å². The molecule has 3 rings (SSSR count). The minimum absolute atomic E-state index is 0.0912. The van der Waals surface area contributed by atoms with Crippen molar-refractivity contribution in [3.05, 3.63) is 35.9 Å². The van der Waals surface area contributed by atoms with E-state index in [1.807, 2.05) is 18.7 Å². The fourth-order valence-electron chi connectivity index (χ4n) is 4.39. The molecule has 1 saturated heterocycles. The Labute approximate surface area is 156 Å². The van der Waals surface area contributed by atoms with Gasteiger partial charge < -0.3 is 9.64 Å². The highest BCUT2D eigenvalue weighted by Gasteiger charge is 2.48. The molecule has 0 bridgehead atoms. The highest BCUT2D eigenvalue weighted by molar-refractivity contribution is 5.85. The maximum atomic E-state index is 13.0. The Kier molecular flexibility index (Phi) is 6.00. The largest absolute Gasteiger partial charge is 0.465 e. The number of carbonyl (C=O) groups is 2. The lowest BCUT2D eigenvalue weighted by Gasteiger charge is -2.36. The van der Waals surface area contributed by atoms with Gasteiger partial charge in [-0.05, 0) is 50.0 Å². The summed E-state index contributed by atoms with van der Waals surface area (Å²) in [5.41, 5.74) is 1.29. The van der Waals surface area contributed by atoms with Gasteiger partial charge in [0.1, 0.15) is 0 Å². The molecule has 0 aromatic heterocycles. The Bertz CT molecular complexity index is 618. The summed E-state index contributed by atoms with van der Waals surface area (Å²) in [7, 11) is 0. The average Bonchev–Trinajstić information content (AvgIpc) is 2.96. The number of likely N-dealkylation sites (tertiary alicyclic amines) is 1. The summed E-state index contributed by atoms with van der Waals surface area (Å²) in [6.07, 6.45) is 5.94. The van der Waals surface area contributed by atoms with Crippen molar-refractivity contribution in [2.75, 3.05) is 19.7 Å². The van der Waals surface area contributed by atoms with Crippen LogP contribution in [0.25, 0.3) is 0 Å². The van der Waals surface area contributed by atoms with Gasteiger partial charge in [-0.25, -0.2) is 0 Å². The van der Waals surface area contributed by atoms with Gasteiger partial charge in [0.15, 0.2) is 0 Å². The second-order valence-electron chi connectivity index (χ2n) is 8.18. The third-order valence-electron chi connectivity index (χ3n) is 6.10. The molecular weight excluding hydrogens is 326 g/mol. The van der Waals surface area contributed by atoms with Crippen LogP contribution in [-0.2, 0) is 14.3 Å². The second kappa shape index (κ2) is 8.24. The van der Waals surface area contributed by atoms with E-state index in [1.165, 1.54) is 5.56 Å². The summed E-state index contributed by atoms with van der Waals surface area (Å²) in [4.78, 5) is 26.5. The number of esters is 1. The first kappa shape index (κ1) is 18.9. The topological polar surface area (TPSA) is 46.6 Å². The van der Waals surface area contributed by atoms with Gasteiger partial charge in [0.05, 0.1) is 17.9 Å². The van der Waals surface area contributed by atoms with E-state index < -0.39 is 0 Å². The first-order valence-corrected chi connectivity index (χ1v) is 10.0. The molecule has 26 heavy (non-hydrogen) atoms. The Morgan fingerprint density at radius 2 is 1.88 bits per heavy atom. The van der Waals surface area contributed by atoms with Crippen molar-refractivity contribution in [1.29, 1.82) is 0 Å². The third-order valence-corrected chi connectivity index (χ3v) is 6.10. The van der Waals surface area contributed by atoms with Crippen LogP contribution in [0.15, 0.2) is 30.3 Å². The minimum atomic E-state index is -0.159. The first-order chi connectivity index (χ1) is 12.5. The van der Waals surface area contributed by atoms with E-state index in [0.29, 0.717) is 25.0 Å². The molecule has 4 heteroatoms. The smallest absolute Gasteiger partial charge is 0.308 e. The molecule has 1 aliphatic carbocycles. The number of benzene rings is 1. The third kappa shape index (κ3) is 4.11. The predicted molar refractivity (Wildman–Crippen MR) is 102 cm³/mol. The van der Waals surface area contributed by atoms with Gasteiger partial charge in [0.2, 0.25) is 5.91 Å². The molecule has 1 heterocycles. The van der Waals surface area contributed by atoms with Gasteiger partial charge in [0, 0.05) is 13.1 Å². The van der Waals surface area contributed by atoms with Gasteiger partial charge in [-0.2, -0.15) is 0 Å². The summed E-state index contributed by atoms with van der Waals surface area (Å²) in [6.45, 7) is 5.63. The highest BCUT2D eigenvalue weighted by atomic mass is 16.5. The molecule has 1 saturated carbocycles. The molecule has 2 fully saturated rings. The van der Waals surface area contributed by atoms with Gasteiger partial charge in [-0.3, -0.25) is 9.59 Å². The van der Waals surface area contributed by atoms with Crippen LogP contribution in [0.5, 0.6) is 0 Å². The lowest BCUT2D eigenvalue weighted by atomic mass is 9.68. The lowest BCUT2D eigenvalue weighted by molar-refractivity contribution is -0.147. The van der Waals surface area contributed by atoms with Crippen LogP contribution in [0.2, 0.25) is 0 Å². The van der Waals surface area contributed by atoms with Crippen molar-refractivity contribution < 1.29 is 14.3 Å². The number of amides is 1. The van der Waals surface area contributed by atoms with Crippen LogP contribution in [-0.4, -0.2) is 36.5 Å². The molecule has 1 aliphatic heterocycles. The van der Waals surface area contributed by atoms with E-state index in [4.69, 9.17) is 4.74 Å². The first-order valence-electron chi connectivity index (χ1n) is 10.0. The van der Waals surface area contributed by atoms with E-state index in [9.17, 15) is 9.59 Å². The van der Waals surface area contributed by atoms with Gasteiger partial charge in [-0.1, -0.05) is 44.2 Å². The normalized spacial score (nSPS) is 25.9. The van der Waals surface area contributed by atoms with Crippen LogP contribution in [0.3, 0.4) is 0 Å². The molecule has 4 nitrogen and oxygen atoms in total. The summed E-state index contributed by atoms with van der Waals surface area (Å²) in [5, 5.41) is 0. The fourth-order valence-corrected chi connectivity index (χ4v) is 4.39. The molecule has 1 aromatic carbocycles. The molecule has 1 spiro atoms. The van der Waals surface area contributed by atoms with Crippen molar-refractivity contribution in [1.82, 2.24) is 4.90 Å². The number of rotatable bonds is 6. The molecular formula is C22H31NO3. The Hall–Kier alpha value is -1.84. The van der Waals surface area contributed by atoms with Crippen LogP contribution < -0.4 is 0 Å². The van der Waals surface area contributed by atoms with Crippen molar-refractivity contribution in [2.24, 2.45) is 11.3 Å². The SMILES string of the molecule is CC(C)C(=O)OCCCN1CCC2(CCC(c3ccccc3)CC2)C1=O. The predicted octanol–water partition coefficient (Wildman–Crippen LogP) is 4.15. The van der Waals surface area contributed by atoms with Crippen LogP contribution in [0.4, 0.5) is 0 Å². The number of ether oxygens (including phenoxy) is 1. The van der Waals surface area contributed by atoms with Gasteiger partial charge >= 0.3 is 5.97 Å². The van der Waals surface area contributed by atoms with Crippen molar-refractivity contribution in [3.63, 3.8) is 0 Å². The van der Waals surface area contributed by atoms with Crippen molar-refractivity contribution in [3.8, 4) is 0 Å². The average molecular weight is 357 g/mol. The van der Waals surface area contributed by atoms with Crippen LogP contribution >= 0.6 is 0 Å². The minimum Gasteiger partial charge on any atom is -0.465 e. The second-order valence-corrected chi connectivity index (χ2v) is 8.18. The van der Waals surface area contributed by atoms with Crippen LogP contribution in [0, 0.1) is 11.3 Å². The zero-order chi connectivity index (χ0) is 18.6. The standard InChI is InChI=1S/C22H31NO3/c1-17(2)20(24)26-16-6-14-23-15-13-22(21(23)25)11-9-19(10-12-22)18-7-4-3-5-8-18/h3-5,7-8,17,19H,6,9-16H2,1-2H3. The number of hydrogen-bond acceptors (Lipinski definition) is 3. The van der Waals surface area contributed by atoms with Gasteiger partial charge in [-0.15, -0.1) is 0 Å². The molecule has 1 aromatic rings. The zero-order valence-electron chi connectivity index (χ0n) is 16.1. The molecule has 142 valence electrons. The zero-order valence-corrected chi connectivity index (χ0v) is 16.1. The number of nitrogens with zero attached hydrogens (tertiary/aromatic N) is 1. The maximum absolute atomic E-state index is 13.0. The Balaban J connectivity index is 1.46. The summed E-state index contributed by atoms with van der Waals surface area (Å²) >= 11 is 0. The van der Waals surface area contributed by atoms with E-state index in [0.717, 1.165) is 45.1 Å². The van der Waals surface area contributed by atoms with Crippen molar-refractivity contribution in [2.45, 2.75) is 58.3 Å². The number of carbonyl (C=O) groups excluding carboxylic acids is 2. The summed E-state index contributed by atoms with van der Waals surface area (Å²) < 4.78 is 5.22. The fraction of sp³-hybridized carbons (Fsp3) is 0.636. The Morgan fingerprint density at radius 1 is 1.19 bits per heavy atom. The molecule has 0 N–H and O–H groups in total. The molecule has 0 atom stereocenters. The molecule has 1 amide bonds. The molecule has 0 radical (unpaired) electrons. The quantitative estimate of drug-likeness (QED) is 0.567. The van der Waals surface area contributed by atoms with E-state index in [2.05, 4.69) is 30.3 Å². The summed E-state index contributed by atoms with van der Waals surface area (Å²) in [5.74, 6) is 0.679. The maximum Gasteiger partial charge on any atom is 0.308 e.